The van der Waals surface area contributed by atoms with Crippen molar-refractivity contribution >= 4 is 22.8 Å². The van der Waals surface area contributed by atoms with Gasteiger partial charge in [-0.3, -0.25) is 14.9 Å². The van der Waals surface area contributed by atoms with Gasteiger partial charge >= 0.3 is 0 Å². The fraction of sp³-hybridized carbons (Fsp3) is 0.367. The quantitative estimate of drug-likeness (QED) is 0.128. The molecule has 1 saturated heterocycles. The van der Waals surface area contributed by atoms with E-state index in [1.54, 1.807) is 11.8 Å². The van der Waals surface area contributed by atoms with Crippen LogP contribution in [0, 0.1) is 0 Å². The number of benzene rings is 2. The molecule has 1 aliphatic rings. The average Bonchev–Trinajstić information content (AvgIpc) is 3.42. The highest BCUT2D eigenvalue weighted by Crippen LogP contribution is 2.29. The van der Waals surface area contributed by atoms with E-state index in [1.165, 1.54) is 11.1 Å². The van der Waals surface area contributed by atoms with Gasteiger partial charge in [0.25, 0.3) is 0 Å². The number of amides is 1. The maximum atomic E-state index is 11.1. The average molecular weight is 528 g/mol. The first kappa shape index (κ1) is 26.8. The van der Waals surface area contributed by atoms with E-state index in [0.29, 0.717) is 6.42 Å². The lowest BCUT2D eigenvalue weighted by molar-refractivity contribution is -0.129. The summed E-state index contributed by atoms with van der Waals surface area (Å²) < 4.78 is 0. The lowest BCUT2D eigenvalue weighted by Gasteiger charge is -2.34. The highest BCUT2D eigenvalue weighted by Gasteiger charge is 2.17. The van der Waals surface area contributed by atoms with Crippen molar-refractivity contribution in [2.24, 2.45) is 0 Å². The molecular weight excluding hydrogens is 490 g/mol. The van der Waals surface area contributed by atoms with Crippen LogP contribution >= 0.6 is 0 Å². The summed E-state index contributed by atoms with van der Waals surface area (Å²) >= 11 is 0. The number of unbranched alkanes of at least 4 members (excludes halogenated alkanes) is 1. The Bertz CT molecular complexity index is 1350. The van der Waals surface area contributed by atoms with Gasteiger partial charge < -0.3 is 15.2 Å². The second-order valence-corrected chi connectivity index (χ2v) is 10.3. The second-order valence-electron chi connectivity index (χ2n) is 10.3. The SMILES string of the molecule is CC(Nc1ncnc2[nH]c(-c3ccc(CN4CCN(CCCCC(=O)NO)CC4)cc3)cc12)c1ccccc1. The number of carbonyl (C=O) groups excluding carboxylic acids is 1. The Balaban J connectivity index is 1.15. The number of hydroxylamine groups is 1. The summed E-state index contributed by atoms with van der Waals surface area (Å²) in [7, 11) is 0. The summed E-state index contributed by atoms with van der Waals surface area (Å²) in [5.74, 6) is 0.518. The van der Waals surface area contributed by atoms with Crippen molar-refractivity contribution in [3.63, 3.8) is 0 Å². The number of piperazine rings is 1. The van der Waals surface area contributed by atoms with Crippen LogP contribution in [0.4, 0.5) is 5.82 Å². The van der Waals surface area contributed by atoms with Crippen molar-refractivity contribution in [3.8, 4) is 11.3 Å². The molecule has 204 valence electrons. The number of H-pyrrole nitrogens is 1. The maximum Gasteiger partial charge on any atom is 0.243 e. The third-order valence-corrected chi connectivity index (χ3v) is 7.47. The Morgan fingerprint density at radius 2 is 1.74 bits per heavy atom. The molecule has 2 aromatic carbocycles. The van der Waals surface area contributed by atoms with Gasteiger partial charge in [0.15, 0.2) is 0 Å². The summed E-state index contributed by atoms with van der Waals surface area (Å²) in [6, 6.07) is 21.4. The van der Waals surface area contributed by atoms with Crippen LogP contribution in [0.3, 0.4) is 0 Å². The third-order valence-electron chi connectivity index (χ3n) is 7.47. The summed E-state index contributed by atoms with van der Waals surface area (Å²) in [5.41, 5.74) is 7.18. The van der Waals surface area contributed by atoms with Gasteiger partial charge in [-0.15, -0.1) is 0 Å². The van der Waals surface area contributed by atoms with Crippen molar-refractivity contribution in [3.05, 3.63) is 78.1 Å². The first-order valence-electron chi connectivity index (χ1n) is 13.7. The minimum absolute atomic E-state index is 0.129. The second kappa shape index (κ2) is 12.8. The Labute approximate surface area is 229 Å². The zero-order valence-electron chi connectivity index (χ0n) is 22.4. The molecule has 4 aromatic rings. The van der Waals surface area contributed by atoms with Gasteiger partial charge in [0.1, 0.15) is 17.8 Å². The highest BCUT2D eigenvalue weighted by molar-refractivity contribution is 5.91. The lowest BCUT2D eigenvalue weighted by atomic mass is 10.1. The highest BCUT2D eigenvalue weighted by atomic mass is 16.5. The number of fused-ring (bicyclic) bond motifs is 1. The molecule has 1 aliphatic heterocycles. The Hall–Kier alpha value is -3.79. The Morgan fingerprint density at radius 3 is 2.49 bits per heavy atom. The molecule has 3 heterocycles. The summed E-state index contributed by atoms with van der Waals surface area (Å²) in [5, 5.41) is 13.1. The molecule has 0 aliphatic carbocycles. The van der Waals surface area contributed by atoms with Gasteiger partial charge in [0, 0.05) is 50.9 Å². The summed E-state index contributed by atoms with van der Waals surface area (Å²) in [6.07, 6.45) is 3.75. The molecule has 1 unspecified atom stereocenters. The Morgan fingerprint density at radius 1 is 1.00 bits per heavy atom. The molecule has 2 aromatic heterocycles. The van der Waals surface area contributed by atoms with Crippen LogP contribution in [0.5, 0.6) is 0 Å². The first-order chi connectivity index (χ1) is 19.1. The Kier molecular flexibility index (Phi) is 8.82. The number of aromatic amines is 1. The topological polar surface area (TPSA) is 109 Å². The van der Waals surface area contributed by atoms with Gasteiger partial charge in [-0.2, -0.15) is 0 Å². The largest absolute Gasteiger partial charge is 0.363 e. The number of rotatable bonds is 11. The third kappa shape index (κ3) is 7.00. The van der Waals surface area contributed by atoms with E-state index in [0.717, 1.165) is 80.2 Å². The fourth-order valence-electron chi connectivity index (χ4n) is 5.14. The number of carbonyl (C=O) groups is 1. The maximum absolute atomic E-state index is 11.1. The van der Waals surface area contributed by atoms with Gasteiger partial charge in [-0.1, -0.05) is 54.6 Å². The predicted octanol–water partition coefficient (Wildman–Crippen LogP) is 4.59. The standard InChI is InChI=1S/C30H37N7O2/c1-22(24-7-3-2-4-8-24)33-29-26-19-27(34-30(26)32-21-31-29)25-12-10-23(11-13-25)20-37-17-15-36(16-18-37)14-6-5-9-28(38)35-39/h2-4,7-8,10-13,19,21-22,39H,5-6,9,14-18,20H2,1H3,(H,35,38)(H2,31,32,33,34). The zero-order valence-corrected chi connectivity index (χ0v) is 22.4. The number of anilines is 1. The molecule has 0 spiro atoms. The van der Waals surface area contributed by atoms with Crippen molar-refractivity contribution in [1.29, 1.82) is 0 Å². The van der Waals surface area contributed by atoms with E-state index in [-0.39, 0.29) is 11.9 Å². The number of nitrogens with zero attached hydrogens (tertiary/aromatic N) is 4. The molecule has 9 heteroatoms. The van der Waals surface area contributed by atoms with Crippen molar-refractivity contribution < 1.29 is 10.0 Å². The number of hydrogen-bond acceptors (Lipinski definition) is 7. The molecule has 1 fully saturated rings. The van der Waals surface area contributed by atoms with Gasteiger partial charge in [0.2, 0.25) is 5.91 Å². The van der Waals surface area contributed by atoms with Crippen LogP contribution < -0.4 is 10.8 Å². The van der Waals surface area contributed by atoms with Gasteiger partial charge in [-0.25, -0.2) is 15.4 Å². The molecule has 0 radical (unpaired) electrons. The number of hydrogen-bond donors (Lipinski definition) is 4. The van der Waals surface area contributed by atoms with Crippen molar-refractivity contribution in [2.45, 2.75) is 38.8 Å². The molecule has 9 nitrogen and oxygen atoms in total. The van der Waals surface area contributed by atoms with E-state index in [9.17, 15) is 4.79 Å². The normalized spacial score (nSPS) is 15.3. The minimum Gasteiger partial charge on any atom is -0.363 e. The van der Waals surface area contributed by atoms with Gasteiger partial charge in [0.05, 0.1) is 5.39 Å². The number of aromatic nitrogens is 3. The fourth-order valence-corrected chi connectivity index (χ4v) is 5.14. The minimum atomic E-state index is -0.306. The number of nitrogens with one attached hydrogen (secondary N) is 3. The molecule has 39 heavy (non-hydrogen) atoms. The van der Waals surface area contributed by atoms with Crippen molar-refractivity contribution in [2.75, 3.05) is 38.0 Å². The van der Waals surface area contributed by atoms with E-state index >= 15 is 0 Å². The van der Waals surface area contributed by atoms with E-state index in [2.05, 4.69) is 79.5 Å². The van der Waals surface area contributed by atoms with Crippen LogP contribution in [0.2, 0.25) is 0 Å². The molecule has 5 rings (SSSR count). The molecule has 1 amide bonds. The van der Waals surface area contributed by atoms with E-state index in [4.69, 9.17) is 5.21 Å². The van der Waals surface area contributed by atoms with Crippen LogP contribution in [-0.4, -0.2) is 68.6 Å². The molecule has 0 saturated carbocycles. The van der Waals surface area contributed by atoms with Gasteiger partial charge in [-0.05, 0) is 49.1 Å². The smallest absolute Gasteiger partial charge is 0.243 e. The zero-order chi connectivity index (χ0) is 27.0. The molecule has 0 bridgehead atoms. The van der Waals surface area contributed by atoms with Crippen LogP contribution in [0.1, 0.15) is 43.4 Å². The van der Waals surface area contributed by atoms with Crippen LogP contribution in [-0.2, 0) is 11.3 Å². The first-order valence-corrected chi connectivity index (χ1v) is 13.7. The van der Waals surface area contributed by atoms with Crippen molar-refractivity contribution in [1.82, 2.24) is 30.2 Å². The lowest BCUT2D eigenvalue weighted by Crippen LogP contribution is -2.46. The van der Waals surface area contributed by atoms with E-state index in [1.807, 2.05) is 18.2 Å². The van der Waals surface area contributed by atoms with Crippen LogP contribution in [0.25, 0.3) is 22.3 Å². The summed E-state index contributed by atoms with van der Waals surface area (Å²) in [6.45, 7) is 8.23. The molecular formula is C30H37N7O2. The van der Waals surface area contributed by atoms with E-state index < -0.39 is 0 Å². The summed E-state index contributed by atoms with van der Waals surface area (Å²) in [4.78, 5) is 28.5. The predicted molar refractivity (Wildman–Crippen MR) is 153 cm³/mol. The van der Waals surface area contributed by atoms with Crippen LogP contribution in [0.15, 0.2) is 67.0 Å². The molecule has 4 N–H and O–H groups in total. The molecule has 1 atom stereocenters. The monoisotopic (exact) mass is 527 g/mol.